The van der Waals surface area contributed by atoms with E-state index in [2.05, 4.69) is 9.97 Å². The molecule has 0 saturated heterocycles. The number of nitrogens with one attached hydrogen (secondary N) is 1. The van der Waals surface area contributed by atoms with Gasteiger partial charge < -0.3 is 10.7 Å². The summed E-state index contributed by atoms with van der Waals surface area (Å²) in [5.74, 6) is 0. The van der Waals surface area contributed by atoms with Gasteiger partial charge in [0.2, 0.25) is 5.65 Å². The molecule has 1 aliphatic rings. The van der Waals surface area contributed by atoms with Crippen molar-refractivity contribution in [3.63, 3.8) is 0 Å². The minimum atomic E-state index is -0.296. The first-order chi connectivity index (χ1) is 9.16. The fourth-order valence-corrected chi connectivity index (χ4v) is 2.87. The molecular formula is C13H9ClN4O. The lowest BCUT2D eigenvalue weighted by molar-refractivity contribution is 0.826. The van der Waals surface area contributed by atoms with E-state index in [0.29, 0.717) is 10.7 Å². The molecule has 0 aliphatic heterocycles. The van der Waals surface area contributed by atoms with Crippen LogP contribution in [0.1, 0.15) is 17.3 Å². The van der Waals surface area contributed by atoms with E-state index in [9.17, 15) is 4.79 Å². The highest BCUT2D eigenvalue weighted by Crippen LogP contribution is 2.41. The number of benzene rings is 1. The number of aromatic amines is 1. The van der Waals surface area contributed by atoms with Crippen molar-refractivity contribution in [1.82, 2.24) is 14.4 Å². The Kier molecular flexibility index (Phi) is 1.97. The van der Waals surface area contributed by atoms with Gasteiger partial charge in [-0.25, -0.2) is 4.98 Å². The Labute approximate surface area is 112 Å². The van der Waals surface area contributed by atoms with Gasteiger partial charge in [-0.3, -0.25) is 9.20 Å². The number of imidazole rings is 1. The Hall–Kier alpha value is -2.11. The molecule has 0 fully saturated rings. The average molecular weight is 273 g/mol. The van der Waals surface area contributed by atoms with E-state index in [1.165, 1.54) is 0 Å². The van der Waals surface area contributed by atoms with Crippen LogP contribution < -0.4 is 11.3 Å². The second-order valence-electron chi connectivity index (χ2n) is 4.54. The number of nitrogens with zero attached hydrogens (tertiary/aromatic N) is 2. The summed E-state index contributed by atoms with van der Waals surface area (Å²) in [6.07, 6.45) is 3.34. The Balaban J connectivity index is 2.19. The lowest BCUT2D eigenvalue weighted by Crippen LogP contribution is -2.18. The predicted octanol–water partition coefficient (Wildman–Crippen LogP) is 1.70. The topological polar surface area (TPSA) is 76.2 Å². The summed E-state index contributed by atoms with van der Waals surface area (Å²) < 4.78 is 1.74. The van der Waals surface area contributed by atoms with Crippen LogP contribution in [0.5, 0.6) is 0 Å². The molecule has 2 aromatic heterocycles. The summed E-state index contributed by atoms with van der Waals surface area (Å²) in [5.41, 5.74) is 9.78. The Morgan fingerprint density at radius 3 is 3.11 bits per heavy atom. The van der Waals surface area contributed by atoms with Crippen molar-refractivity contribution < 1.29 is 0 Å². The van der Waals surface area contributed by atoms with Gasteiger partial charge in [0, 0.05) is 23.0 Å². The van der Waals surface area contributed by atoms with Crippen LogP contribution >= 0.6 is 11.6 Å². The monoisotopic (exact) mass is 272 g/mol. The molecule has 1 aliphatic carbocycles. The molecule has 94 valence electrons. The molecule has 0 radical (unpaired) electrons. The number of nitrogens with two attached hydrogens (primary N) is 1. The van der Waals surface area contributed by atoms with Crippen LogP contribution in [0, 0.1) is 0 Å². The number of rotatable bonds is 0. The second-order valence-corrected chi connectivity index (χ2v) is 4.98. The van der Waals surface area contributed by atoms with Crippen LogP contribution in [0.15, 0.2) is 35.4 Å². The SMILES string of the molecule is NC1c2ccc(Cl)cc2-c2[nH]c(=O)c3nccn3c21. The Morgan fingerprint density at radius 1 is 1.42 bits per heavy atom. The number of hydrogen-bond donors (Lipinski definition) is 2. The molecule has 0 spiro atoms. The zero-order valence-electron chi connectivity index (χ0n) is 9.72. The van der Waals surface area contributed by atoms with Crippen LogP contribution in [0.25, 0.3) is 16.9 Å². The largest absolute Gasteiger partial charge is 0.319 e. The van der Waals surface area contributed by atoms with Gasteiger partial charge in [-0.15, -0.1) is 0 Å². The van der Waals surface area contributed by atoms with Gasteiger partial charge in [-0.2, -0.15) is 0 Å². The molecule has 0 amide bonds. The smallest absolute Gasteiger partial charge is 0.292 e. The first kappa shape index (κ1) is 10.8. The second kappa shape index (κ2) is 3.46. The first-order valence-electron chi connectivity index (χ1n) is 5.81. The zero-order valence-corrected chi connectivity index (χ0v) is 10.5. The minimum absolute atomic E-state index is 0.233. The van der Waals surface area contributed by atoms with Crippen LogP contribution in [0.3, 0.4) is 0 Å². The third kappa shape index (κ3) is 1.28. The van der Waals surface area contributed by atoms with E-state index >= 15 is 0 Å². The molecule has 0 bridgehead atoms. The molecule has 19 heavy (non-hydrogen) atoms. The van der Waals surface area contributed by atoms with Crippen molar-refractivity contribution in [3.05, 3.63) is 57.2 Å². The summed E-state index contributed by atoms with van der Waals surface area (Å²) in [6, 6.07) is 5.22. The molecular weight excluding hydrogens is 264 g/mol. The molecule has 4 rings (SSSR count). The highest BCUT2D eigenvalue weighted by molar-refractivity contribution is 6.31. The van der Waals surface area contributed by atoms with Crippen molar-refractivity contribution in [2.24, 2.45) is 5.73 Å². The van der Waals surface area contributed by atoms with E-state index in [4.69, 9.17) is 17.3 Å². The Morgan fingerprint density at radius 2 is 2.26 bits per heavy atom. The minimum Gasteiger partial charge on any atom is -0.319 e. The standard InChI is InChI=1S/C13H9ClN4O/c14-6-1-2-7-8(5-6)10-11(9(7)15)18-4-3-16-12(18)13(19)17-10/h1-5,9H,15H2,(H,17,19). The van der Waals surface area contributed by atoms with Crippen LogP contribution in [-0.4, -0.2) is 14.4 Å². The summed E-state index contributed by atoms with van der Waals surface area (Å²) in [4.78, 5) is 18.9. The summed E-state index contributed by atoms with van der Waals surface area (Å²) in [7, 11) is 0. The first-order valence-corrected chi connectivity index (χ1v) is 6.19. The van der Waals surface area contributed by atoms with Crippen LogP contribution in [0.4, 0.5) is 0 Å². The van der Waals surface area contributed by atoms with Crippen LogP contribution in [0.2, 0.25) is 5.02 Å². The van der Waals surface area contributed by atoms with E-state index in [-0.39, 0.29) is 11.6 Å². The quantitative estimate of drug-likeness (QED) is 0.654. The fourth-order valence-electron chi connectivity index (χ4n) is 2.69. The highest BCUT2D eigenvalue weighted by atomic mass is 35.5. The number of hydrogen-bond acceptors (Lipinski definition) is 3. The van der Waals surface area contributed by atoms with Gasteiger partial charge in [0.25, 0.3) is 5.56 Å². The van der Waals surface area contributed by atoms with Gasteiger partial charge in [0.15, 0.2) is 0 Å². The van der Waals surface area contributed by atoms with E-state index < -0.39 is 0 Å². The molecule has 1 unspecified atom stereocenters. The molecule has 5 nitrogen and oxygen atoms in total. The van der Waals surface area contributed by atoms with Crippen LogP contribution in [-0.2, 0) is 0 Å². The third-order valence-corrected chi connectivity index (χ3v) is 3.75. The molecule has 2 heterocycles. The maximum Gasteiger partial charge on any atom is 0.292 e. The number of aromatic nitrogens is 3. The summed E-state index contributed by atoms with van der Waals surface area (Å²) in [6.45, 7) is 0. The maximum atomic E-state index is 12.0. The molecule has 1 atom stereocenters. The Bertz CT molecular complexity index is 880. The van der Waals surface area contributed by atoms with Gasteiger partial charge in [0.05, 0.1) is 17.4 Å². The zero-order chi connectivity index (χ0) is 13.1. The van der Waals surface area contributed by atoms with E-state index in [0.717, 1.165) is 22.5 Å². The van der Waals surface area contributed by atoms with Crippen molar-refractivity contribution in [3.8, 4) is 11.3 Å². The highest BCUT2D eigenvalue weighted by Gasteiger charge is 2.30. The van der Waals surface area contributed by atoms with Gasteiger partial charge in [0.1, 0.15) is 0 Å². The van der Waals surface area contributed by atoms with Gasteiger partial charge in [-0.05, 0) is 17.7 Å². The summed E-state index contributed by atoms with van der Waals surface area (Å²) >= 11 is 6.02. The lowest BCUT2D eigenvalue weighted by Gasteiger charge is -2.08. The lowest BCUT2D eigenvalue weighted by atomic mass is 10.1. The summed E-state index contributed by atoms with van der Waals surface area (Å²) in [5, 5.41) is 0.616. The van der Waals surface area contributed by atoms with Gasteiger partial charge >= 0.3 is 0 Å². The maximum absolute atomic E-state index is 12.0. The normalized spacial score (nSPS) is 16.6. The van der Waals surface area contributed by atoms with Crippen molar-refractivity contribution >= 4 is 17.2 Å². The third-order valence-electron chi connectivity index (χ3n) is 3.51. The predicted molar refractivity (Wildman–Crippen MR) is 72.3 cm³/mol. The van der Waals surface area contributed by atoms with Crippen molar-refractivity contribution in [1.29, 1.82) is 0 Å². The molecule has 1 aromatic carbocycles. The fraction of sp³-hybridized carbons (Fsp3) is 0.0769. The average Bonchev–Trinajstić information content (AvgIpc) is 2.95. The number of fused-ring (bicyclic) bond motifs is 5. The van der Waals surface area contributed by atoms with E-state index in [1.54, 1.807) is 22.9 Å². The number of H-pyrrole nitrogens is 1. The molecule has 3 aromatic rings. The van der Waals surface area contributed by atoms with E-state index in [1.807, 2.05) is 12.1 Å². The number of halogens is 1. The van der Waals surface area contributed by atoms with Gasteiger partial charge in [-0.1, -0.05) is 17.7 Å². The molecule has 3 N–H and O–H groups in total. The molecule has 0 saturated carbocycles. The van der Waals surface area contributed by atoms with Crippen molar-refractivity contribution in [2.75, 3.05) is 0 Å². The van der Waals surface area contributed by atoms with Crippen molar-refractivity contribution in [2.45, 2.75) is 6.04 Å². The molecule has 6 heteroatoms.